The SMILES string of the molecule is CC1(C)c2ccccc2-c2ccc(N(c3ccc(-c4ccccc4)cc3)c3ccc(-c4cccc5c4-c4ccccc4C54CC5CCC4C5)c4ccccc34)cc21. The van der Waals surface area contributed by atoms with Crippen LogP contribution in [-0.4, -0.2) is 0 Å². The van der Waals surface area contributed by atoms with Crippen molar-refractivity contribution in [2.24, 2.45) is 11.8 Å². The summed E-state index contributed by atoms with van der Waals surface area (Å²) in [6.07, 6.45) is 5.43. The first kappa shape index (κ1) is 33.0. The van der Waals surface area contributed by atoms with Crippen molar-refractivity contribution >= 4 is 27.8 Å². The van der Waals surface area contributed by atoms with Gasteiger partial charge in [-0.25, -0.2) is 0 Å². The summed E-state index contributed by atoms with van der Waals surface area (Å²) in [5, 5.41) is 2.54. The van der Waals surface area contributed by atoms with Crippen LogP contribution in [0.2, 0.25) is 0 Å². The molecule has 274 valence electrons. The molecule has 4 aliphatic carbocycles. The second-order valence-corrected chi connectivity index (χ2v) is 17.7. The molecule has 1 spiro atoms. The lowest BCUT2D eigenvalue weighted by Crippen LogP contribution is -2.31. The summed E-state index contributed by atoms with van der Waals surface area (Å²) in [4.78, 5) is 2.50. The van der Waals surface area contributed by atoms with Crippen molar-refractivity contribution in [3.8, 4) is 44.5 Å². The molecule has 0 amide bonds. The van der Waals surface area contributed by atoms with Gasteiger partial charge in [0.15, 0.2) is 0 Å². The van der Waals surface area contributed by atoms with Crippen LogP contribution in [0, 0.1) is 11.8 Å². The number of fused-ring (bicyclic) bond motifs is 12. The van der Waals surface area contributed by atoms with E-state index in [1.165, 1.54) is 103 Å². The van der Waals surface area contributed by atoms with Gasteiger partial charge in [-0.05, 0) is 134 Å². The molecule has 0 aliphatic heterocycles. The number of anilines is 3. The van der Waals surface area contributed by atoms with E-state index in [0.29, 0.717) is 0 Å². The molecule has 0 saturated heterocycles. The van der Waals surface area contributed by atoms with Crippen LogP contribution < -0.4 is 4.90 Å². The van der Waals surface area contributed by atoms with Gasteiger partial charge in [-0.3, -0.25) is 0 Å². The van der Waals surface area contributed by atoms with Crippen LogP contribution in [0.1, 0.15) is 61.8 Å². The van der Waals surface area contributed by atoms with E-state index in [0.717, 1.165) is 17.5 Å². The zero-order chi connectivity index (χ0) is 37.9. The van der Waals surface area contributed by atoms with Crippen LogP contribution in [0.3, 0.4) is 0 Å². The van der Waals surface area contributed by atoms with E-state index < -0.39 is 0 Å². The Bertz CT molecular complexity index is 2900. The normalized spacial score (nSPS) is 20.4. The highest BCUT2D eigenvalue weighted by Gasteiger charge is 2.57. The van der Waals surface area contributed by atoms with Crippen molar-refractivity contribution in [1.29, 1.82) is 0 Å². The summed E-state index contributed by atoms with van der Waals surface area (Å²) in [7, 11) is 0. The van der Waals surface area contributed by atoms with Gasteiger partial charge in [-0.15, -0.1) is 0 Å². The second-order valence-electron chi connectivity index (χ2n) is 17.7. The van der Waals surface area contributed by atoms with Gasteiger partial charge in [0.05, 0.1) is 5.69 Å². The third-order valence-corrected chi connectivity index (χ3v) is 14.6. The molecular weight excluding hydrogens is 687 g/mol. The van der Waals surface area contributed by atoms with Gasteiger partial charge >= 0.3 is 0 Å². The number of rotatable bonds is 5. The molecule has 2 saturated carbocycles. The minimum absolute atomic E-state index is 0.100. The van der Waals surface area contributed by atoms with Gasteiger partial charge in [-0.2, -0.15) is 0 Å². The van der Waals surface area contributed by atoms with Crippen molar-refractivity contribution in [2.45, 2.75) is 50.4 Å². The lowest BCUT2D eigenvalue weighted by Gasteiger charge is -2.36. The molecular formula is C56H45N. The fourth-order valence-corrected chi connectivity index (χ4v) is 12.1. The van der Waals surface area contributed by atoms with E-state index in [2.05, 4.69) is 195 Å². The zero-order valence-corrected chi connectivity index (χ0v) is 32.7. The molecule has 0 N–H and O–H groups in total. The van der Waals surface area contributed by atoms with E-state index in [1.807, 2.05) is 0 Å². The highest BCUT2D eigenvalue weighted by Crippen LogP contribution is 2.66. The number of benzene rings is 8. The van der Waals surface area contributed by atoms with Gasteiger partial charge in [0.1, 0.15) is 0 Å². The van der Waals surface area contributed by atoms with Crippen LogP contribution in [0.5, 0.6) is 0 Å². The lowest BCUT2D eigenvalue weighted by atomic mass is 9.66. The molecule has 8 aromatic rings. The molecule has 0 aromatic heterocycles. The summed E-state index contributed by atoms with van der Waals surface area (Å²) in [5.74, 6) is 1.59. The highest BCUT2D eigenvalue weighted by atomic mass is 15.1. The number of hydrogen-bond donors (Lipinski definition) is 0. The van der Waals surface area contributed by atoms with Crippen LogP contribution in [0.15, 0.2) is 176 Å². The molecule has 12 rings (SSSR count). The fraction of sp³-hybridized carbons (Fsp3) is 0.179. The monoisotopic (exact) mass is 731 g/mol. The van der Waals surface area contributed by atoms with E-state index in [4.69, 9.17) is 0 Å². The molecule has 8 aromatic carbocycles. The fourth-order valence-electron chi connectivity index (χ4n) is 12.1. The van der Waals surface area contributed by atoms with Gasteiger partial charge in [-0.1, -0.05) is 166 Å². The maximum atomic E-state index is 2.50. The van der Waals surface area contributed by atoms with E-state index in [-0.39, 0.29) is 10.8 Å². The Balaban J connectivity index is 1.05. The summed E-state index contributed by atoms with van der Waals surface area (Å²) in [6.45, 7) is 4.75. The summed E-state index contributed by atoms with van der Waals surface area (Å²) >= 11 is 0. The quantitative estimate of drug-likeness (QED) is 0.170. The molecule has 1 nitrogen and oxygen atoms in total. The third kappa shape index (κ3) is 4.63. The summed E-state index contributed by atoms with van der Waals surface area (Å²) in [5.41, 5.74) is 20.2. The van der Waals surface area contributed by atoms with Crippen molar-refractivity contribution in [3.05, 3.63) is 198 Å². The maximum Gasteiger partial charge on any atom is 0.0540 e. The first-order valence-electron chi connectivity index (χ1n) is 21.0. The smallest absolute Gasteiger partial charge is 0.0540 e. The van der Waals surface area contributed by atoms with Crippen molar-refractivity contribution in [1.82, 2.24) is 0 Å². The minimum atomic E-state index is -0.100. The maximum absolute atomic E-state index is 2.50. The molecule has 2 bridgehead atoms. The van der Waals surface area contributed by atoms with Crippen LogP contribution in [-0.2, 0) is 10.8 Å². The Hall–Kier alpha value is -6.18. The van der Waals surface area contributed by atoms with E-state index in [1.54, 1.807) is 11.1 Å². The first-order valence-corrected chi connectivity index (χ1v) is 21.0. The summed E-state index contributed by atoms with van der Waals surface area (Å²) in [6, 6.07) is 66.5. The number of hydrogen-bond acceptors (Lipinski definition) is 1. The molecule has 0 radical (unpaired) electrons. The topological polar surface area (TPSA) is 3.24 Å². The predicted molar refractivity (Wildman–Crippen MR) is 239 cm³/mol. The molecule has 57 heavy (non-hydrogen) atoms. The second kappa shape index (κ2) is 12.2. The zero-order valence-electron chi connectivity index (χ0n) is 32.7. The van der Waals surface area contributed by atoms with Gasteiger partial charge in [0, 0.05) is 27.6 Å². The molecule has 0 heterocycles. The standard InChI is InChI=1S/C56H45N/c1-55(2)49-20-10-8-16-44(49)45-30-29-41(34-52(45)55)57(40-27-24-38(25-28-40)37-13-4-3-5-14-37)53-32-31-43(42-15-6-7-17-46(42)53)47-19-12-22-51-54(47)48-18-9-11-21-50(48)56(51)35-36-23-26-39(56)33-36/h3-22,24-25,27-32,34,36,39H,23,26,33,35H2,1-2H3. The van der Waals surface area contributed by atoms with E-state index in [9.17, 15) is 0 Å². The Morgan fingerprint density at radius 1 is 0.456 bits per heavy atom. The summed E-state index contributed by atoms with van der Waals surface area (Å²) < 4.78 is 0. The molecule has 2 fully saturated rings. The third-order valence-electron chi connectivity index (χ3n) is 14.6. The Kier molecular flexibility index (Phi) is 7.04. The molecule has 3 unspecified atom stereocenters. The van der Waals surface area contributed by atoms with Crippen molar-refractivity contribution in [2.75, 3.05) is 4.90 Å². The first-order chi connectivity index (χ1) is 28.0. The minimum Gasteiger partial charge on any atom is -0.310 e. The lowest BCUT2D eigenvalue weighted by molar-refractivity contribution is 0.327. The highest BCUT2D eigenvalue weighted by molar-refractivity contribution is 6.09. The molecule has 4 aliphatic rings. The molecule has 3 atom stereocenters. The van der Waals surface area contributed by atoms with Gasteiger partial charge in [0.25, 0.3) is 0 Å². The number of nitrogens with zero attached hydrogens (tertiary/aromatic N) is 1. The van der Waals surface area contributed by atoms with Crippen LogP contribution in [0.25, 0.3) is 55.3 Å². The van der Waals surface area contributed by atoms with Gasteiger partial charge in [0.2, 0.25) is 0 Å². The van der Waals surface area contributed by atoms with Gasteiger partial charge < -0.3 is 4.90 Å². The predicted octanol–water partition coefficient (Wildman–Crippen LogP) is 15.0. The van der Waals surface area contributed by atoms with Crippen LogP contribution >= 0.6 is 0 Å². The average Bonchev–Trinajstić information content (AvgIpc) is 4.01. The van der Waals surface area contributed by atoms with Crippen molar-refractivity contribution in [3.63, 3.8) is 0 Å². The Labute approximate surface area is 336 Å². The largest absolute Gasteiger partial charge is 0.310 e. The van der Waals surface area contributed by atoms with Crippen LogP contribution in [0.4, 0.5) is 17.1 Å². The van der Waals surface area contributed by atoms with E-state index >= 15 is 0 Å². The Morgan fingerprint density at radius 2 is 1.09 bits per heavy atom. The van der Waals surface area contributed by atoms with Crippen molar-refractivity contribution < 1.29 is 0 Å². The Morgan fingerprint density at radius 3 is 1.88 bits per heavy atom. The molecule has 1 heteroatoms. The average molecular weight is 732 g/mol.